The highest BCUT2D eigenvalue weighted by molar-refractivity contribution is 7.09. The molecule has 0 aromatic carbocycles. The number of carbonyl (C=O) groups excluding carboxylic acids is 1. The highest BCUT2D eigenvalue weighted by atomic mass is 32.1. The molecule has 19 heavy (non-hydrogen) atoms. The average molecular weight is 278 g/mol. The SMILES string of the molecule is Cc1csc([C@@H](C)NC(=O)CCCc2cn[nH]c2)n1. The van der Waals surface area contributed by atoms with E-state index < -0.39 is 0 Å². The number of nitrogens with one attached hydrogen (secondary N) is 2. The van der Waals surface area contributed by atoms with E-state index in [-0.39, 0.29) is 11.9 Å². The Bertz CT molecular complexity index is 520. The van der Waals surface area contributed by atoms with Gasteiger partial charge in [0, 0.05) is 23.7 Å². The molecule has 0 aliphatic rings. The number of aromatic amines is 1. The first-order chi connectivity index (χ1) is 9.15. The first-order valence-corrected chi connectivity index (χ1v) is 7.22. The van der Waals surface area contributed by atoms with Gasteiger partial charge in [-0.25, -0.2) is 4.98 Å². The summed E-state index contributed by atoms with van der Waals surface area (Å²) < 4.78 is 0. The van der Waals surface area contributed by atoms with Crippen molar-refractivity contribution < 1.29 is 4.79 Å². The summed E-state index contributed by atoms with van der Waals surface area (Å²) in [4.78, 5) is 16.2. The number of aromatic nitrogens is 3. The second-order valence-electron chi connectivity index (χ2n) is 4.58. The van der Waals surface area contributed by atoms with E-state index in [2.05, 4.69) is 20.5 Å². The highest BCUT2D eigenvalue weighted by Crippen LogP contribution is 2.17. The largest absolute Gasteiger partial charge is 0.347 e. The molecule has 0 bridgehead atoms. The molecule has 2 rings (SSSR count). The smallest absolute Gasteiger partial charge is 0.220 e. The molecule has 2 aromatic rings. The quantitative estimate of drug-likeness (QED) is 0.852. The van der Waals surface area contributed by atoms with Crippen molar-refractivity contribution in [2.75, 3.05) is 0 Å². The third-order valence-electron chi connectivity index (χ3n) is 2.81. The van der Waals surface area contributed by atoms with E-state index in [4.69, 9.17) is 0 Å². The van der Waals surface area contributed by atoms with Gasteiger partial charge < -0.3 is 5.32 Å². The fourth-order valence-corrected chi connectivity index (χ4v) is 2.62. The standard InChI is InChI=1S/C13H18N4OS/c1-9-8-19-13(16-9)10(2)17-12(18)5-3-4-11-6-14-15-7-11/h6-8,10H,3-5H2,1-2H3,(H,14,15)(H,17,18)/t10-/m1/s1. The number of H-pyrrole nitrogens is 1. The van der Waals surface area contributed by atoms with Crippen LogP contribution in [0.3, 0.4) is 0 Å². The summed E-state index contributed by atoms with van der Waals surface area (Å²) >= 11 is 1.58. The van der Waals surface area contributed by atoms with E-state index in [1.165, 1.54) is 0 Å². The summed E-state index contributed by atoms with van der Waals surface area (Å²) in [5.74, 6) is 0.0730. The molecule has 2 heterocycles. The maximum absolute atomic E-state index is 11.8. The number of aryl methyl sites for hydroxylation is 2. The molecule has 0 fully saturated rings. The number of hydrogen-bond donors (Lipinski definition) is 2. The molecule has 2 N–H and O–H groups in total. The minimum atomic E-state index is -0.0138. The zero-order valence-electron chi connectivity index (χ0n) is 11.1. The second kappa shape index (κ2) is 6.47. The van der Waals surface area contributed by atoms with Crippen molar-refractivity contribution in [2.45, 2.75) is 39.2 Å². The lowest BCUT2D eigenvalue weighted by molar-refractivity contribution is -0.121. The Morgan fingerprint density at radius 2 is 2.42 bits per heavy atom. The third kappa shape index (κ3) is 4.17. The Morgan fingerprint density at radius 1 is 1.58 bits per heavy atom. The van der Waals surface area contributed by atoms with E-state index >= 15 is 0 Å². The molecular weight excluding hydrogens is 260 g/mol. The van der Waals surface area contributed by atoms with Crippen LogP contribution >= 0.6 is 11.3 Å². The Hall–Kier alpha value is -1.69. The molecule has 1 amide bonds. The fourth-order valence-electron chi connectivity index (χ4n) is 1.81. The molecule has 0 spiro atoms. The van der Waals surface area contributed by atoms with Crippen LogP contribution in [-0.4, -0.2) is 21.1 Å². The first-order valence-electron chi connectivity index (χ1n) is 6.34. The second-order valence-corrected chi connectivity index (χ2v) is 5.47. The molecule has 0 unspecified atom stereocenters. The van der Waals surface area contributed by atoms with Crippen molar-refractivity contribution in [2.24, 2.45) is 0 Å². The molecule has 102 valence electrons. The molecule has 0 aliphatic carbocycles. The predicted molar refractivity (Wildman–Crippen MR) is 74.9 cm³/mol. The van der Waals surface area contributed by atoms with Crippen LogP contribution in [-0.2, 0) is 11.2 Å². The number of carbonyl (C=O) groups is 1. The van der Waals surface area contributed by atoms with Gasteiger partial charge in [-0.2, -0.15) is 5.10 Å². The average Bonchev–Trinajstić information content (AvgIpc) is 3.00. The van der Waals surface area contributed by atoms with Gasteiger partial charge in [-0.3, -0.25) is 9.89 Å². The normalized spacial score (nSPS) is 12.3. The van der Waals surface area contributed by atoms with Gasteiger partial charge in [-0.05, 0) is 32.3 Å². The Balaban J connectivity index is 1.72. The van der Waals surface area contributed by atoms with Crippen LogP contribution in [0.15, 0.2) is 17.8 Å². The molecule has 0 saturated carbocycles. The molecule has 2 aromatic heterocycles. The third-order valence-corrected chi connectivity index (χ3v) is 3.95. The molecule has 1 atom stereocenters. The molecule has 0 radical (unpaired) electrons. The van der Waals surface area contributed by atoms with Crippen LogP contribution in [0.25, 0.3) is 0 Å². The van der Waals surface area contributed by atoms with Crippen LogP contribution < -0.4 is 5.32 Å². The molecule has 0 saturated heterocycles. The van der Waals surface area contributed by atoms with Gasteiger partial charge in [0.05, 0.1) is 12.2 Å². The van der Waals surface area contributed by atoms with Gasteiger partial charge >= 0.3 is 0 Å². The summed E-state index contributed by atoms with van der Waals surface area (Å²) in [5.41, 5.74) is 2.14. The first kappa shape index (κ1) is 13.7. The maximum Gasteiger partial charge on any atom is 0.220 e. The van der Waals surface area contributed by atoms with E-state index in [0.29, 0.717) is 6.42 Å². The number of rotatable bonds is 6. The van der Waals surface area contributed by atoms with Gasteiger partial charge in [0.25, 0.3) is 0 Å². The van der Waals surface area contributed by atoms with Crippen LogP contribution in [0.5, 0.6) is 0 Å². The minimum Gasteiger partial charge on any atom is -0.347 e. The van der Waals surface area contributed by atoms with Crippen molar-refractivity contribution in [3.05, 3.63) is 34.0 Å². The lowest BCUT2D eigenvalue weighted by Crippen LogP contribution is -2.26. The monoisotopic (exact) mass is 278 g/mol. The van der Waals surface area contributed by atoms with Gasteiger partial charge in [0.15, 0.2) is 0 Å². The fraction of sp³-hybridized carbons (Fsp3) is 0.462. The van der Waals surface area contributed by atoms with Crippen LogP contribution in [0, 0.1) is 6.92 Å². The predicted octanol–water partition coefficient (Wildman–Crippen LogP) is 2.37. The van der Waals surface area contributed by atoms with Gasteiger partial charge in [0.2, 0.25) is 5.91 Å². The van der Waals surface area contributed by atoms with E-state index in [1.807, 2.05) is 25.4 Å². The summed E-state index contributed by atoms with van der Waals surface area (Å²) in [5, 5.41) is 12.6. The summed E-state index contributed by atoms with van der Waals surface area (Å²) in [6.07, 6.45) is 5.88. The van der Waals surface area contributed by atoms with Gasteiger partial charge in [-0.15, -0.1) is 11.3 Å². The lowest BCUT2D eigenvalue weighted by atomic mass is 10.1. The van der Waals surface area contributed by atoms with Crippen molar-refractivity contribution in [1.82, 2.24) is 20.5 Å². The van der Waals surface area contributed by atoms with E-state index in [9.17, 15) is 4.79 Å². The Labute approximate surface area is 116 Å². The van der Waals surface area contributed by atoms with Crippen molar-refractivity contribution in [3.8, 4) is 0 Å². The summed E-state index contributed by atoms with van der Waals surface area (Å²) in [6, 6.07) is -0.0138. The molecule has 5 nitrogen and oxygen atoms in total. The number of amides is 1. The van der Waals surface area contributed by atoms with Crippen molar-refractivity contribution >= 4 is 17.2 Å². The lowest BCUT2D eigenvalue weighted by Gasteiger charge is -2.10. The number of thiazole rings is 1. The highest BCUT2D eigenvalue weighted by Gasteiger charge is 2.12. The minimum absolute atomic E-state index is 0.0138. The maximum atomic E-state index is 11.8. The summed E-state index contributed by atoms with van der Waals surface area (Å²) in [7, 11) is 0. The summed E-state index contributed by atoms with van der Waals surface area (Å²) in [6.45, 7) is 3.92. The molecule has 0 aliphatic heterocycles. The van der Waals surface area contributed by atoms with E-state index in [1.54, 1.807) is 17.5 Å². The van der Waals surface area contributed by atoms with Crippen molar-refractivity contribution in [1.29, 1.82) is 0 Å². The molecule has 6 heteroatoms. The topological polar surface area (TPSA) is 70.7 Å². The Morgan fingerprint density at radius 3 is 3.05 bits per heavy atom. The van der Waals surface area contributed by atoms with Crippen LogP contribution in [0.2, 0.25) is 0 Å². The zero-order chi connectivity index (χ0) is 13.7. The molecular formula is C13H18N4OS. The number of nitrogens with zero attached hydrogens (tertiary/aromatic N) is 2. The van der Waals surface area contributed by atoms with Gasteiger partial charge in [-0.1, -0.05) is 0 Å². The zero-order valence-corrected chi connectivity index (χ0v) is 12.0. The van der Waals surface area contributed by atoms with E-state index in [0.717, 1.165) is 29.1 Å². The van der Waals surface area contributed by atoms with Crippen LogP contribution in [0.4, 0.5) is 0 Å². The van der Waals surface area contributed by atoms with Crippen LogP contribution in [0.1, 0.15) is 42.1 Å². The number of hydrogen-bond acceptors (Lipinski definition) is 4. The Kier molecular flexibility index (Phi) is 4.68. The van der Waals surface area contributed by atoms with Crippen molar-refractivity contribution in [3.63, 3.8) is 0 Å². The van der Waals surface area contributed by atoms with Gasteiger partial charge in [0.1, 0.15) is 5.01 Å².